The van der Waals surface area contributed by atoms with Gasteiger partial charge in [0.25, 0.3) is 11.6 Å². The number of aromatic nitrogens is 1. The highest BCUT2D eigenvalue weighted by molar-refractivity contribution is 7.89. The Labute approximate surface area is 239 Å². The van der Waals surface area contributed by atoms with E-state index in [1.54, 1.807) is 25.3 Å². The van der Waals surface area contributed by atoms with Crippen molar-refractivity contribution in [3.63, 3.8) is 0 Å². The van der Waals surface area contributed by atoms with Crippen LogP contribution in [0.15, 0.2) is 84.0 Å². The Morgan fingerprint density at radius 2 is 1.88 bits per heavy atom. The fourth-order valence-corrected chi connectivity index (χ4v) is 7.58. The van der Waals surface area contributed by atoms with E-state index in [1.165, 1.54) is 39.2 Å². The van der Waals surface area contributed by atoms with Gasteiger partial charge in [0, 0.05) is 37.5 Å². The number of nitro groups is 1. The minimum Gasteiger partial charge on any atom is -0.394 e. The maximum atomic E-state index is 13.7. The van der Waals surface area contributed by atoms with Crippen molar-refractivity contribution >= 4 is 27.2 Å². The standard InChI is InChI=1S/C30H32N4O6S/c1-2-32(41(39,40)28-12-6-5-11-25(28)34(37)38)19-26-29(23-15-13-22(14-16-23)21-8-3-4-9-21)27(20-35)33(26)30(36)24-10-7-17-31-18-24/h5-8,10-18,26-27,29,35H,2-4,9,19-20H2,1H3/t26-,27-,29+/m0/s1. The molecule has 1 aliphatic carbocycles. The highest BCUT2D eigenvalue weighted by Gasteiger charge is 2.52. The molecule has 1 saturated heterocycles. The van der Waals surface area contributed by atoms with E-state index in [0.717, 1.165) is 36.5 Å². The molecule has 2 aliphatic rings. The van der Waals surface area contributed by atoms with E-state index in [-0.39, 0.29) is 31.5 Å². The van der Waals surface area contributed by atoms with E-state index in [2.05, 4.69) is 11.1 Å². The summed E-state index contributed by atoms with van der Waals surface area (Å²) < 4.78 is 28.7. The lowest BCUT2D eigenvalue weighted by Gasteiger charge is -2.55. The zero-order valence-electron chi connectivity index (χ0n) is 22.7. The molecule has 0 spiro atoms. The number of hydrogen-bond donors (Lipinski definition) is 1. The molecule has 1 aliphatic heterocycles. The molecule has 3 aromatic rings. The third-order valence-electron chi connectivity index (χ3n) is 8.00. The van der Waals surface area contributed by atoms with Crippen LogP contribution in [0.1, 0.15) is 53.6 Å². The van der Waals surface area contributed by atoms with Gasteiger partial charge in [-0.25, -0.2) is 8.42 Å². The molecule has 0 saturated carbocycles. The lowest BCUT2D eigenvalue weighted by atomic mass is 9.74. The molecule has 1 amide bonds. The number of aliphatic hydroxyl groups excluding tert-OH is 1. The average Bonchev–Trinajstić information content (AvgIpc) is 3.53. The molecule has 11 heteroatoms. The summed E-state index contributed by atoms with van der Waals surface area (Å²) in [6.07, 6.45) is 8.43. The maximum absolute atomic E-state index is 13.7. The lowest BCUT2D eigenvalue weighted by molar-refractivity contribution is -0.387. The molecule has 0 unspecified atom stereocenters. The quantitative estimate of drug-likeness (QED) is 0.282. The fraction of sp³-hybridized carbons (Fsp3) is 0.333. The Balaban J connectivity index is 1.52. The minimum atomic E-state index is -4.29. The molecule has 2 aromatic carbocycles. The van der Waals surface area contributed by atoms with Crippen molar-refractivity contribution in [1.82, 2.24) is 14.2 Å². The van der Waals surface area contributed by atoms with E-state index in [9.17, 15) is 28.4 Å². The van der Waals surface area contributed by atoms with Gasteiger partial charge in [0.2, 0.25) is 10.0 Å². The largest absolute Gasteiger partial charge is 0.394 e. The van der Waals surface area contributed by atoms with Crippen molar-refractivity contribution in [2.75, 3.05) is 19.7 Å². The smallest absolute Gasteiger partial charge is 0.289 e. The minimum absolute atomic E-state index is 0.0312. The van der Waals surface area contributed by atoms with E-state index < -0.39 is 37.6 Å². The predicted octanol–water partition coefficient (Wildman–Crippen LogP) is 4.24. The molecule has 41 heavy (non-hydrogen) atoms. The number of pyridine rings is 1. The number of hydrogen-bond acceptors (Lipinski definition) is 7. The zero-order chi connectivity index (χ0) is 29.1. The Bertz CT molecular complexity index is 1560. The molecule has 1 fully saturated rings. The summed E-state index contributed by atoms with van der Waals surface area (Å²) >= 11 is 0. The van der Waals surface area contributed by atoms with Gasteiger partial charge in [-0.1, -0.05) is 49.4 Å². The van der Waals surface area contributed by atoms with Gasteiger partial charge in [-0.2, -0.15) is 4.31 Å². The Morgan fingerprint density at radius 1 is 1.12 bits per heavy atom. The van der Waals surface area contributed by atoms with E-state index in [4.69, 9.17) is 0 Å². The number of likely N-dealkylation sites (N-methyl/N-ethyl adjacent to an activating group) is 1. The number of sulfonamides is 1. The zero-order valence-corrected chi connectivity index (χ0v) is 23.5. The molecule has 214 valence electrons. The second-order valence-electron chi connectivity index (χ2n) is 10.2. The number of carbonyl (C=O) groups is 1. The summed E-state index contributed by atoms with van der Waals surface area (Å²) in [5.41, 5.74) is 3.11. The molecular formula is C30H32N4O6S. The van der Waals surface area contributed by atoms with Crippen molar-refractivity contribution in [3.05, 3.63) is 106 Å². The number of nitro benzene ring substituents is 1. The average molecular weight is 577 g/mol. The molecule has 2 heterocycles. The number of benzene rings is 2. The summed E-state index contributed by atoms with van der Waals surface area (Å²) in [5, 5.41) is 22.1. The number of aliphatic hydroxyl groups is 1. The summed E-state index contributed by atoms with van der Waals surface area (Å²) in [4.78, 5) is 29.7. The van der Waals surface area contributed by atoms with Crippen molar-refractivity contribution in [3.8, 4) is 0 Å². The first-order valence-electron chi connectivity index (χ1n) is 13.6. The molecule has 0 radical (unpaired) electrons. The summed E-state index contributed by atoms with van der Waals surface area (Å²) in [6.45, 7) is 1.26. The number of amides is 1. The summed E-state index contributed by atoms with van der Waals surface area (Å²) in [7, 11) is -4.29. The highest BCUT2D eigenvalue weighted by atomic mass is 32.2. The molecular weight excluding hydrogens is 544 g/mol. The van der Waals surface area contributed by atoms with Crippen LogP contribution in [0.5, 0.6) is 0 Å². The highest BCUT2D eigenvalue weighted by Crippen LogP contribution is 2.43. The Kier molecular flexibility index (Phi) is 8.30. The molecule has 5 rings (SSSR count). The monoisotopic (exact) mass is 576 g/mol. The third-order valence-corrected chi connectivity index (χ3v) is 9.99. The number of nitrogens with zero attached hydrogens (tertiary/aromatic N) is 4. The number of para-hydroxylation sites is 1. The Hall–Kier alpha value is -3.93. The van der Waals surface area contributed by atoms with Gasteiger partial charge < -0.3 is 10.0 Å². The van der Waals surface area contributed by atoms with Gasteiger partial charge in [-0.15, -0.1) is 0 Å². The number of rotatable bonds is 10. The van der Waals surface area contributed by atoms with E-state index >= 15 is 0 Å². The summed E-state index contributed by atoms with van der Waals surface area (Å²) in [6, 6.07) is 15.3. The van der Waals surface area contributed by atoms with Crippen LogP contribution in [-0.4, -0.2) is 70.3 Å². The molecule has 3 atom stereocenters. The van der Waals surface area contributed by atoms with Gasteiger partial charge in [0.05, 0.1) is 29.2 Å². The Morgan fingerprint density at radius 3 is 2.49 bits per heavy atom. The van der Waals surface area contributed by atoms with Gasteiger partial charge in [0.1, 0.15) is 0 Å². The van der Waals surface area contributed by atoms with Crippen LogP contribution in [0.3, 0.4) is 0 Å². The fourth-order valence-electron chi connectivity index (χ4n) is 5.96. The first kappa shape index (κ1) is 28.6. The van der Waals surface area contributed by atoms with Gasteiger partial charge >= 0.3 is 0 Å². The van der Waals surface area contributed by atoms with Crippen LogP contribution in [-0.2, 0) is 10.0 Å². The first-order chi connectivity index (χ1) is 19.8. The SMILES string of the molecule is CCN(C[C@H]1[C@@H](c2ccc(C3=CCCC3)cc2)[C@H](CO)N1C(=O)c1cccnc1)S(=O)(=O)c1ccccc1[N+](=O)[O-]. The van der Waals surface area contributed by atoms with Crippen LogP contribution in [0.25, 0.3) is 5.57 Å². The molecule has 10 nitrogen and oxygen atoms in total. The third kappa shape index (κ3) is 5.40. The number of allylic oxidation sites excluding steroid dienone is 2. The van der Waals surface area contributed by atoms with Crippen molar-refractivity contribution in [1.29, 1.82) is 0 Å². The molecule has 0 bridgehead atoms. The van der Waals surface area contributed by atoms with E-state index in [1.807, 2.05) is 24.3 Å². The van der Waals surface area contributed by atoms with Crippen LogP contribution in [0.4, 0.5) is 5.69 Å². The molecule has 1 N–H and O–H groups in total. The second-order valence-corrected chi connectivity index (χ2v) is 12.1. The van der Waals surface area contributed by atoms with Crippen molar-refractivity contribution in [2.24, 2.45) is 0 Å². The van der Waals surface area contributed by atoms with Crippen molar-refractivity contribution in [2.45, 2.75) is 49.1 Å². The number of carbonyl (C=O) groups excluding carboxylic acids is 1. The molecule has 1 aromatic heterocycles. The van der Waals surface area contributed by atoms with Gasteiger partial charge in [-0.05, 0) is 54.2 Å². The second kappa shape index (κ2) is 11.9. The van der Waals surface area contributed by atoms with Crippen LogP contribution in [0.2, 0.25) is 0 Å². The van der Waals surface area contributed by atoms with Crippen molar-refractivity contribution < 1.29 is 23.2 Å². The predicted molar refractivity (Wildman–Crippen MR) is 154 cm³/mol. The van der Waals surface area contributed by atoms with Gasteiger partial charge in [-0.3, -0.25) is 19.9 Å². The van der Waals surface area contributed by atoms with Crippen LogP contribution < -0.4 is 0 Å². The lowest BCUT2D eigenvalue weighted by Crippen LogP contribution is -2.68. The summed E-state index contributed by atoms with van der Waals surface area (Å²) in [5.74, 6) is -0.729. The maximum Gasteiger partial charge on any atom is 0.289 e. The van der Waals surface area contributed by atoms with Gasteiger partial charge in [0.15, 0.2) is 4.90 Å². The number of likely N-dealkylation sites (tertiary alicyclic amines) is 1. The normalized spacial score (nSPS) is 20.5. The van der Waals surface area contributed by atoms with Crippen LogP contribution in [0, 0.1) is 10.1 Å². The first-order valence-corrected chi connectivity index (χ1v) is 15.1. The van der Waals surface area contributed by atoms with E-state index in [0.29, 0.717) is 5.56 Å². The van der Waals surface area contributed by atoms with Crippen LogP contribution >= 0.6 is 0 Å². The topological polar surface area (TPSA) is 134 Å².